The summed E-state index contributed by atoms with van der Waals surface area (Å²) >= 11 is 5.58. The first-order chi connectivity index (χ1) is 9.40. The molecule has 1 aromatic carbocycles. The highest BCUT2D eigenvalue weighted by Crippen LogP contribution is 2.19. The Morgan fingerprint density at radius 3 is 2.65 bits per heavy atom. The average Bonchev–Trinajstić information content (AvgIpc) is 2.39. The lowest BCUT2D eigenvalue weighted by molar-refractivity contribution is 0.251. The fourth-order valence-corrected chi connectivity index (χ4v) is 3.28. The molecule has 1 aromatic rings. The molecule has 0 bridgehead atoms. The van der Waals surface area contributed by atoms with Gasteiger partial charge in [0.25, 0.3) is 0 Å². The predicted molar refractivity (Wildman–Crippen MR) is 76.7 cm³/mol. The Bertz CT molecular complexity index is 530. The van der Waals surface area contributed by atoms with E-state index >= 15 is 0 Å². The molecule has 7 heteroatoms. The number of benzene rings is 1. The Morgan fingerprint density at radius 1 is 1.40 bits per heavy atom. The van der Waals surface area contributed by atoms with Crippen molar-refractivity contribution < 1.29 is 17.9 Å². The smallest absolute Gasteiger partial charge is 0.240 e. The summed E-state index contributed by atoms with van der Waals surface area (Å²) in [6.07, 6.45) is 2.28. The number of nitrogens with one attached hydrogen (secondary N) is 1. The first-order valence-corrected chi connectivity index (χ1v) is 8.32. The molecule has 1 atom stereocenters. The van der Waals surface area contributed by atoms with Crippen LogP contribution < -0.4 is 4.72 Å². The topological polar surface area (TPSA) is 66.4 Å². The van der Waals surface area contributed by atoms with Gasteiger partial charge in [0.05, 0.1) is 9.92 Å². The van der Waals surface area contributed by atoms with Gasteiger partial charge < -0.3 is 5.11 Å². The third-order valence-corrected chi connectivity index (χ3v) is 4.71. The SMILES string of the molecule is CCCC(CCO)CNS(=O)(=O)c1ccc(F)c(Cl)c1. The minimum absolute atomic E-state index is 0.0226. The molecule has 0 saturated heterocycles. The van der Waals surface area contributed by atoms with Gasteiger partial charge in [-0.25, -0.2) is 17.5 Å². The summed E-state index contributed by atoms with van der Waals surface area (Å²) in [5.74, 6) is -0.578. The van der Waals surface area contributed by atoms with Gasteiger partial charge in [0.15, 0.2) is 0 Å². The van der Waals surface area contributed by atoms with Crippen molar-refractivity contribution in [1.29, 1.82) is 0 Å². The maximum atomic E-state index is 13.0. The van der Waals surface area contributed by atoms with Crippen LogP contribution in [0.3, 0.4) is 0 Å². The monoisotopic (exact) mass is 323 g/mol. The van der Waals surface area contributed by atoms with Crippen molar-refractivity contribution in [3.63, 3.8) is 0 Å². The number of sulfonamides is 1. The number of rotatable bonds is 8. The zero-order chi connectivity index (χ0) is 15.2. The van der Waals surface area contributed by atoms with Crippen molar-refractivity contribution >= 4 is 21.6 Å². The van der Waals surface area contributed by atoms with E-state index in [1.54, 1.807) is 0 Å². The van der Waals surface area contributed by atoms with Crippen LogP contribution >= 0.6 is 11.6 Å². The van der Waals surface area contributed by atoms with E-state index in [0.29, 0.717) is 6.42 Å². The minimum atomic E-state index is -3.71. The van der Waals surface area contributed by atoms with Crippen LogP contribution in [-0.2, 0) is 10.0 Å². The molecule has 0 spiro atoms. The lowest BCUT2D eigenvalue weighted by Crippen LogP contribution is -2.30. The summed E-state index contributed by atoms with van der Waals surface area (Å²) < 4.78 is 39.6. The zero-order valence-electron chi connectivity index (χ0n) is 11.3. The molecule has 0 heterocycles. The summed E-state index contributed by atoms with van der Waals surface area (Å²) in [7, 11) is -3.71. The molecule has 0 amide bonds. The van der Waals surface area contributed by atoms with Crippen molar-refractivity contribution in [2.75, 3.05) is 13.2 Å². The minimum Gasteiger partial charge on any atom is -0.396 e. The molecule has 2 N–H and O–H groups in total. The van der Waals surface area contributed by atoms with E-state index in [2.05, 4.69) is 4.72 Å². The second-order valence-corrected chi connectivity index (χ2v) is 6.77. The molecule has 4 nitrogen and oxygen atoms in total. The van der Waals surface area contributed by atoms with E-state index in [0.717, 1.165) is 25.0 Å². The number of hydrogen-bond donors (Lipinski definition) is 2. The predicted octanol–water partition coefficient (Wildman–Crippen LogP) is 2.56. The van der Waals surface area contributed by atoms with E-state index in [-0.39, 0.29) is 29.0 Å². The highest BCUT2D eigenvalue weighted by Gasteiger charge is 2.17. The van der Waals surface area contributed by atoms with Crippen LogP contribution in [-0.4, -0.2) is 26.7 Å². The van der Waals surface area contributed by atoms with E-state index in [1.165, 1.54) is 6.07 Å². The van der Waals surface area contributed by atoms with Crippen LogP contribution in [0.4, 0.5) is 4.39 Å². The third kappa shape index (κ3) is 5.01. The third-order valence-electron chi connectivity index (χ3n) is 3.00. The summed E-state index contributed by atoms with van der Waals surface area (Å²) in [5.41, 5.74) is 0. The zero-order valence-corrected chi connectivity index (χ0v) is 12.8. The van der Waals surface area contributed by atoms with Crippen LogP contribution in [0.5, 0.6) is 0 Å². The van der Waals surface area contributed by atoms with Crippen LogP contribution in [0.25, 0.3) is 0 Å². The lowest BCUT2D eigenvalue weighted by atomic mass is 10.0. The highest BCUT2D eigenvalue weighted by molar-refractivity contribution is 7.89. The van der Waals surface area contributed by atoms with Crippen LogP contribution in [0, 0.1) is 11.7 Å². The van der Waals surface area contributed by atoms with Gasteiger partial charge in [0.1, 0.15) is 5.82 Å². The molecule has 0 aromatic heterocycles. The lowest BCUT2D eigenvalue weighted by Gasteiger charge is -2.16. The van der Waals surface area contributed by atoms with Crippen LogP contribution in [0.2, 0.25) is 5.02 Å². The molecule has 0 radical (unpaired) electrons. The summed E-state index contributed by atoms with van der Waals surface area (Å²) in [5, 5.41) is 8.71. The van der Waals surface area contributed by atoms with E-state index in [1.807, 2.05) is 6.92 Å². The van der Waals surface area contributed by atoms with E-state index < -0.39 is 15.8 Å². The summed E-state index contributed by atoms with van der Waals surface area (Å²) in [4.78, 5) is -0.0665. The molecule has 0 aliphatic rings. The molecular weight excluding hydrogens is 305 g/mol. The molecule has 0 saturated carbocycles. The van der Waals surface area contributed by atoms with Crippen LogP contribution in [0.1, 0.15) is 26.2 Å². The second-order valence-electron chi connectivity index (χ2n) is 4.59. The molecule has 0 aliphatic heterocycles. The van der Waals surface area contributed by atoms with Crippen molar-refractivity contribution in [1.82, 2.24) is 4.72 Å². The Hall–Kier alpha value is -0.690. The van der Waals surface area contributed by atoms with E-state index in [4.69, 9.17) is 16.7 Å². The fourth-order valence-electron chi connectivity index (χ4n) is 1.89. The summed E-state index contributed by atoms with van der Waals surface area (Å²) in [6.45, 7) is 2.26. The Labute approximate surface area is 124 Å². The molecule has 1 unspecified atom stereocenters. The van der Waals surface area contributed by atoms with Gasteiger partial charge in [-0.15, -0.1) is 0 Å². The molecule has 0 aliphatic carbocycles. The standard InChI is InChI=1S/C13H19ClFNO3S/c1-2-3-10(6-7-17)9-16-20(18,19)11-4-5-13(15)12(14)8-11/h4-5,8,10,16-17H,2-3,6-7,9H2,1H3. The van der Waals surface area contributed by atoms with Crippen molar-refractivity contribution in [2.45, 2.75) is 31.1 Å². The summed E-state index contributed by atoms with van der Waals surface area (Å²) in [6, 6.07) is 3.28. The molecule has 1 rings (SSSR count). The first-order valence-electron chi connectivity index (χ1n) is 6.46. The van der Waals surface area contributed by atoms with Gasteiger partial charge in [-0.1, -0.05) is 24.9 Å². The number of aliphatic hydroxyl groups is 1. The van der Waals surface area contributed by atoms with Gasteiger partial charge >= 0.3 is 0 Å². The number of halogens is 2. The van der Waals surface area contributed by atoms with Gasteiger partial charge in [-0.3, -0.25) is 0 Å². The molecule has 114 valence electrons. The van der Waals surface area contributed by atoms with Gasteiger partial charge in [0.2, 0.25) is 10.0 Å². The first kappa shape index (κ1) is 17.4. The van der Waals surface area contributed by atoms with Gasteiger partial charge in [-0.2, -0.15) is 0 Å². The quantitative estimate of drug-likeness (QED) is 0.772. The second kappa shape index (κ2) is 7.93. The van der Waals surface area contributed by atoms with Crippen LogP contribution in [0.15, 0.2) is 23.1 Å². The molecule has 0 fully saturated rings. The Morgan fingerprint density at radius 2 is 2.10 bits per heavy atom. The fraction of sp³-hybridized carbons (Fsp3) is 0.538. The highest BCUT2D eigenvalue weighted by atomic mass is 35.5. The maximum absolute atomic E-state index is 13.0. The number of aliphatic hydroxyl groups excluding tert-OH is 1. The number of hydrogen-bond acceptors (Lipinski definition) is 3. The van der Waals surface area contributed by atoms with Crippen molar-refractivity contribution in [2.24, 2.45) is 5.92 Å². The Balaban J connectivity index is 2.75. The Kier molecular flexibility index (Phi) is 6.88. The maximum Gasteiger partial charge on any atom is 0.240 e. The van der Waals surface area contributed by atoms with Gasteiger partial charge in [-0.05, 0) is 37.0 Å². The largest absolute Gasteiger partial charge is 0.396 e. The van der Waals surface area contributed by atoms with Crippen molar-refractivity contribution in [3.05, 3.63) is 29.0 Å². The van der Waals surface area contributed by atoms with Gasteiger partial charge in [0, 0.05) is 13.2 Å². The van der Waals surface area contributed by atoms with E-state index in [9.17, 15) is 12.8 Å². The van der Waals surface area contributed by atoms with Crippen molar-refractivity contribution in [3.8, 4) is 0 Å². The normalized spacial score (nSPS) is 13.4. The molecular formula is C13H19ClFNO3S. The molecule has 20 heavy (non-hydrogen) atoms. The average molecular weight is 324 g/mol.